The van der Waals surface area contributed by atoms with E-state index in [1.807, 2.05) is 50.4 Å². The molecule has 6 nitrogen and oxygen atoms in total. The number of amides is 1. The van der Waals surface area contributed by atoms with Gasteiger partial charge in [-0.05, 0) is 32.4 Å². The van der Waals surface area contributed by atoms with Crippen LogP contribution >= 0.6 is 0 Å². The largest absolute Gasteiger partial charge is 0.348 e. The maximum atomic E-state index is 11.8. The third kappa shape index (κ3) is 4.39. The van der Waals surface area contributed by atoms with Crippen LogP contribution in [-0.4, -0.2) is 26.9 Å². The van der Waals surface area contributed by atoms with Gasteiger partial charge >= 0.3 is 0 Å². The van der Waals surface area contributed by atoms with Gasteiger partial charge < -0.3 is 11.1 Å². The summed E-state index contributed by atoms with van der Waals surface area (Å²) < 4.78 is 1.69. The molecule has 2 rings (SSSR count). The van der Waals surface area contributed by atoms with Crippen molar-refractivity contribution < 1.29 is 4.79 Å². The van der Waals surface area contributed by atoms with Gasteiger partial charge in [0.15, 0.2) is 0 Å². The summed E-state index contributed by atoms with van der Waals surface area (Å²) >= 11 is 0. The molecule has 3 N–H and O–H groups in total. The monoisotopic (exact) mass is 287 g/mol. The maximum absolute atomic E-state index is 11.8. The molecule has 0 fully saturated rings. The van der Waals surface area contributed by atoms with E-state index in [-0.39, 0.29) is 18.0 Å². The molecule has 0 saturated carbocycles. The average molecular weight is 287 g/mol. The molecular formula is C15H21N5O. The predicted molar refractivity (Wildman–Crippen MR) is 80.8 cm³/mol. The third-order valence-corrected chi connectivity index (χ3v) is 3.18. The second-order valence-electron chi connectivity index (χ2n) is 5.23. The van der Waals surface area contributed by atoms with Gasteiger partial charge in [-0.3, -0.25) is 4.79 Å². The van der Waals surface area contributed by atoms with Gasteiger partial charge in [-0.15, -0.1) is 5.10 Å². The minimum Gasteiger partial charge on any atom is -0.348 e. The van der Waals surface area contributed by atoms with Crippen LogP contribution in [-0.2, 0) is 4.79 Å². The lowest BCUT2D eigenvalue weighted by atomic mass is 10.1. The Morgan fingerprint density at radius 2 is 2.05 bits per heavy atom. The van der Waals surface area contributed by atoms with Crippen LogP contribution in [0.25, 0.3) is 5.69 Å². The lowest BCUT2D eigenvalue weighted by Crippen LogP contribution is -2.28. The van der Waals surface area contributed by atoms with E-state index in [1.54, 1.807) is 4.68 Å². The Labute approximate surface area is 124 Å². The molecule has 1 amide bonds. The van der Waals surface area contributed by atoms with Crippen molar-refractivity contribution in [1.82, 2.24) is 20.3 Å². The summed E-state index contributed by atoms with van der Waals surface area (Å²) in [5, 5.41) is 11.1. The molecule has 0 aliphatic rings. The summed E-state index contributed by atoms with van der Waals surface area (Å²) in [6.45, 7) is 3.78. The molecule has 0 radical (unpaired) electrons. The molecule has 1 aromatic heterocycles. The molecule has 1 heterocycles. The highest BCUT2D eigenvalue weighted by Crippen LogP contribution is 2.12. The molecule has 2 atom stereocenters. The van der Waals surface area contributed by atoms with E-state index in [0.717, 1.165) is 11.4 Å². The molecule has 0 bridgehead atoms. The molecule has 2 unspecified atom stereocenters. The number of nitrogens with zero attached hydrogens (tertiary/aromatic N) is 3. The van der Waals surface area contributed by atoms with Crippen molar-refractivity contribution >= 4 is 5.91 Å². The zero-order chi connectivity index (χ0) is 15.2. The second-order valence-corrected chi connectivity index (χ2v) is 5.23. The third-order valence-electron chi connectivity index (χ3n) is 3.18. The van der Waals surface area contributed by atoms with E-state index in [2.05, 4.69) is 15.6 Å². The summed E-state index contributed by atoms with van der Waals surface area (Å²) in [5.41, 5.74) is 7.31. The van der Waals surface area contributed by atoms with Crippen molar-refractivity contribution in [2.45, 2.75) is 38.8 Å². The predicted octanol–water partition coefficient (Wildman–Crippen LogP) is 1.57. The van der Waals surface area contributed by atoms with E-state index >= 15 is 0 Å². The van der Waals surface area contributed by atoms with E-state index in [9.17, 15) is 4.79 Å². The molecule has 21 heavy (non-hydrogen) atoms. The number of carbonyl (C=O) groups excluding carboxylic acids is 1. The summed E-state index contributed by atoms with van der Waals surface area (Å²) in [4.78, 5) is 11.8. The van der Waals surface area contributed by atoms with Crippen molar-refractivity contribution in [1.29, 1.82) is 0 Å². The van der Waals surface area contributed by atoms with Crippen molar-refractivity contribution in [3.63, 3.8) is 0 Å². The van der Waals surface area contributed by atoms with Gasteiger partial charge in [-0.2, -0.15) is 0 Å². The van der Waals surface area contributed by atoms with E-state index in [4.69, 9.17) is 5.73 Å². The van der Waals surface area contributed by atoms with Crippen LogP contribution in [0.3, 0.4) is 0 Å². The number of benzene rings is 1. The molecule has 2 aromatic rings. The van der Waals surface area contributed by atoms with Crippen LogP contribution in [0, 0.1) is 0 Å². The quantitative estimate of drug-likeness (QED) is 0.844. The van der Waals surface area contributed by atoms with Crippen LogP contribution < -0.4 is 11.1 Å². The van der Waals surface area contributed by atoms with Crippen molar-refractivity contribution in [2.75, 3.05) is 0 Å². The van der Waals surface area contributed by atoms with Gasteiger partial charge in [0.25, 0.3) is 0 Å². The summed E-state index contributed by atoms with van der Waals surface area (Å²) in [6.07, 6.45) is 2.93. The van der Waals surface area contributed by atoms with E-state index in [0.29, 0.717) is 12.8 Å². The number of aromatic nitrogens is 3. The smallest absolute Gasteiger partial charge is 0.220 e. The average Bonchev–Trinajstić information content (AvgIpc) is 2.96. The number of rotatable bonds is 6. The van der Waals surface area contributed by atoms with E-state index < -0.39 is 0 Å². The van der Waals surface area contributed by atoms with Gasteiger partial charge in [0.2, 0.25) is 5.91 Å². The summed E-state index contributed by atoms with van der Waals surface area (Å²) in [6, 6.07) is 9.58. The minimum absolute atomic E-state index is 0.0194. The Kier molecular flexibility index (Phi) is 5.05. The SMILES string of the molecule is CC(N)CCC(=O)NC(C)c1cn(-c2ccccc2)nn1. The molecule has 0 aliphatic carbocycles. The number of hydrogen-bond donors (Lipinski definition) is 2. The first-order valence-electron chi connectivity index (χ1n) is 7.09. The standard InChI is InChI=1S/C15H21N5O/c1-11(16)8-9-15(21)17-12(2)14-10-20(19-18-14)13-6-4-3-5-7-13/h3-7,10-12H,8-9,16H2,1-2H3,(H,17,21). The molecule has 6 heteroatoms. The van der Waals surface area contributed by atoms with Crippen molar-refractivity contribution in [3.8, 4) is 5.69 Å². The van der Waals surface area contributed by atoms with Gasteiger partial charge in [0.05, 0.1) is 17.9 Å². The fraction of sp³-hybridized carbons (Fsp3) is 0.400. The van der Waals surface area contributed by atoms with E-state index in [1.165, 1.54) is 0 Å². The van der Waals surface area contributed by atoms with Crippen LogP contribution in [0.2, 0.25) is 0 Å². The zero-order valence-corrected chi connectivity index (χ0v) is 12.4. The first-order valence-corrected chi connectivity index (χ1v) is 7.09. The zero-order valence-electron chi connectivity index (χ0n) is 12.4. The molecule has 1 aromatic carbocycles. The van der Waals surface area contributed by atoms with Crippen LogP contribution in [0.15, 0.2) is 36.5 Å². The van der Waals surface area contributed by atoms with Gasteiger partial charge in [-0.1, -0.05) is 23.4 Å². The van der Waals surface area contributed by atoms with Crippen molar-refractivity contribution in [2.24, 2.45) is 5.73 Å². The number of nitrogens with one attached hydrogen (secondary N) is 1. The Morgan fingerprint density at radius 1 is 1.33 bits per heavy atom. The Balaban J connectivity index is 1.96. The molecule has 112 valence electrons. The summed E-state index contributed by atoms with van der Waals surface area (Å²) in [7, 11) is 0. The van der Waals surface area contributed by atoms with Gasteiger partial charge in [0.1, 0.15) is 5.69 Å². The summed E-state index contributed by atoms with van der Waals surface area (Å²) in [5.74, 6) is -0.0194. The Bertz CT molecular complexity index is 579. The van der Waals surface area contributed by atoms with Gasteiger partial charge in [0, 0.05) is 12.5 Å². The van der Waals surface area contributed by atoms with Crippen LogP contribution in [0.1, 0.15) is 38.4 Å². The number of nitrogens with two attached hydrogens (primary N) is 1. The first kappa shape index (κ1) is 15.2. The Hall–Kier alpha value is -2.21. The fourth-order valence-electron chi connectivity index (χ4n) is 1.93. The highest BCUT2D eigenvalue weighted by atomic mass is 16.1. The normalized spacial score (nSPS) is 13.7. The lowest BCUT2D eigenvalue weighted by molar-refractivity contribution is -0.121. The number of para-hydroxylation sites is 1. The van der Waals surface area contributed by atoms with Crippen LogP contribution in [0.4, 0.5) is 0 Å². The van der Waals surface area contributed by atoms with Crippen LogP contribution in [0.5, 0.6) is 0 Å². The fourth-order valence-corrected chi connectivity index (χ4v) is 1.93. The topological polar surface area (TPSA) is 85.8 Å². The maximum Gasteiger partial charge on any atom is 0.220 e. The first-order chi connectivity index (χ1) is 10.1. The highest BCUT2D eigenvalue weighted by Gasteiger charge is 2.13. The molecule has 0 saturated heterocycles. The molecule has 0 spiro atoms. The minimum atomic E-state index is -0.178. The van der Waals surface area contributed by atoms with Gasteiger partial charge in [-0.25, -0.2) is 4.68 Å². The Morgan fingerprint density at radius 3 is 2.71 bits per heavy atom. The van der Waals surface area contributed by atoms with Crippen molar-refractivity contribution in [3.05, 3.63) is 42.2 Å². The second kappa shape index (κ2) is 6.99. The number of hydrogen-bond acceptors (Lipinski definition) is 4. The lowest BCUT2D eigenvalue weighted by Gasteiger charge is -2.11. The number of carbonyl (C=O) groups is 1. The molecule has 0 aliphatic heterocycles. The highest BCUT2D eigenvalue weighted by molar-refractivity contribution is 5.76. The molecular weight excluding hydrogens is 266 g/mol.